The van der Waals surface area contributed by atoms with Crippen LogP contribution in [0, 0.1) is 6.92 Å². The summed E-state index contributed by atoms with van der Waals surface area (Å²) in [5.41, 5.74) is 0. The number of ether oxygens (including phenoxy) is 1. The van der Waals surface area contributed by atoms with Gasteiger partial charge in [-0.2, -0.15) is 0 Å². The number of esters is 1. The molecule has 2 aromatic rings. The third-order valence-corrected chi connectivity index (χ3v) is 3.47. The van der Waals surface area contributed by atoms with Crippen molar-refractivity contribution in [3.8, 4) is 0 Å². The van der Waals surface area contributed by atoms with E-state index in [-0.39, 0.29) is 6.54 Å². The van der Waals surface area contributed by atoms with Gasteiger partial charge in [0, 0.05) is 7.05 Å². The van der Waals surface area contributed by atoms with Crippen LogP contribution < -0.4 is 0 Å². The topological polar surface area (TPSA) is 101 Å². The Morgan fingerprint density at radius 1 is 1.37 bits per heavy atom. The van der Waals surface area contributed by atoms with Crippen molar-refractivity contribution in [3.63, 3.8) is 0 Å². The second-order valence-corrected chi connectivity index (χ2v) is 4.65. The van der Waals surface area contributed by atoms with Gasteiger partial charge in [-0.05, 0) is 17.4 Å². The highest BCUT2D eigenvalue weighted by Crippen LogP contribution is 2.18. The minimum atomic E-state index is -0.399. The minimum Gasteiger partial charge on any atom is -0.468 e. The van der Waals surface area contributed by atoms with Crippen LogP contribution in [0.5, 0.6) is 0 Å². The number of carbonyl (C=O) groups excluding carboxylic acids is 1. The molecule has 0 aromatic carbocycles. The number of thioether (sulfide) groups is 1. The molecular formula is C9H13N7O2S. The molecule has 0 saturated carbocycles. The lowest BCUT2D eigenvalue weighted by Gasteiger charge is -2.03. The van der Waals surface area contributed by atoms with Crippen LogP contribution in [0.2, 0.25) is 0 Å². The molecule has 0 bridgehead atoms. The molecule has 0 aliphatic heterocycles. The van der Waals surface area contributed by atoms with E-state index in [1.807, 2.05) is 18.5 Å². The Hall–Kier alpha value is -1.97. The minimum absolute atomic E-state index is 0.0102. The largest absolute Gasteiger partial charge is 0.468 e. The summed E-state index contributed by atoms with van der Waals surface area (Å²) < 4.78 is 7.85. The fourth-order valence-electron chi connectivity index (χ4n) is 1.29. The van der Waals surface area contributed by atoms with E-state index in [0.717, 1.165) is 11.6 Å². The summed E-state index contributed by atoms with van der Waals surface area (Å²) in [5.74, 6) is 1.82. The van der Waals surface area contributed by atoms with Crippen molar-refractivity contribution in [1.29, 1.82) is 0 Å². The molecule has 2 aromatic heterocycles. The van der Waals surface area contributed by atoms with E-state index in [4.69, 9.17) is 0 Å². The number of hydrogen-bond acceptors (Lipinski definition) is 8. The van der Waals surface area contributed by atoms with E-state index in [1.165, 1.54) is 23.6 Å². The van der Waals surface area contributed by atoms with Gasteiger partial charge < -0.3 is 9.30 Å². The lowest BCUT2D eigenvalue weighted by molar-refractivity contribution is -0.141. The maximum atomic E-state index is 11.2. The Balaban J connectivity index is 2.02. The molecule has 0 aliphatic carbocycles. The Morgan fingerprint density at radius 3 is 2.79 bits per heavy atom. The first kappa shape index (κ1) is 13.5. The SMILES string of the molecule is COC(=O)Cn1nnnc1SCc1nnc(C)n1C. The molecule has 2 rings (SSSR count). The zero-order chi connectivity index (χ0) is 13.8. The second-order valence-electron chi connectivity index (χ2n) is 3.71. The van der Waals surface area contributed by atoms with Crippen LogP contribution in [0.25, 0.3) is 0 Å². The van der Waals surface area contributed by atoms with Gasteiger partial charge in [0.2, 0.25) is 5.16 Å². The van der Waals surface area contributed by atoms with Crippen LogP contribution in [-0.4, -0.2) is 48.1 Å². The van der Waals surface area contributed by atoms with E-state index >= 15 is 0 Å². The van der Waals surface area contributed by atoms with Gasteiger partial charge >= 0.3 is 5.97 Å². The third kappa shape index (κ3) is 3.08. The van der Waals surface area contributed by atoms with E-state index in [9.17, 15) is 4.79 Å². The van der Waals surface area contributed by atoms with E-state index in [1.54, 1.807) is 0 Å². The Morgan fingerprint density at radius 2 is 2.16 bits per heavy atom. The van der Waals surface area contributed by atoms with E-state index in [2.05, 4.69) is 30.5 Å². The van der Waals surface area contributed by atoms with Crippen LogP contribution in [0.4, 0.5) is 0 Å². The van der Waals surface area contributed by atoms with Crippen molar-refractivity contribution >= 4 is 17.7 Å². The van der Waals surface area contributed by atoms with Crippen LogP contribution in [0.1, 0.15) is 11.6 Å². The number of rotatable bonds is 5. The van der Waals surface area contributed by atoms with E-state index in [0.29, 0.717) is 10.9 Å². The molecule has 0 unspecified atom stereocenters. The highest BCUT2D eigenvalue weighted by molar-refractivity contribution is 7.98. The van der Waals surface area contributed by atoms with Crippen molar-refractivity contribution in [3.05, 3.63) is 11.6 Å². The van der Waals surface area contributed by atoms with Crippen molar-refractivity contribution in [2.24, 2.45) is 7.05 Å². The van der Waals surface area contributed by atoms with Crippen molar-refractivity contribution < 1.29 is 9.53 Å². The summed E-state index contributed by atoms with van der Waals surface area (Å²) in [6, 6.07) is 0. The fraction of sp³-hybridized carbons (Fsp3) is 0.556. The van der Waals surface area contributed by atoms with Gasteiger partial charge in [0.25, 0.3) is 0 Å². The molecule has 0 aliphatic rings. The summed E-state index contributed by atoms with van der Waals surface area (Å²) in [6.45, 7) is 1.87. The fourth-order valence-corrected chi connectivity index (χ4v) is 2.15. The van der Waals surface area contributed by atoms with Gasteiger partial charge in [0.05, 0.1) is 12.9 Å². The molecule has 0 spiro atoms. The molecule has 102 valence electrons. The maximum Gasteiger partial charge on any atom is 0.327 e. The van der Waals surface area contributed by atoms with Gasteiger partial charge in [-0.1, -0.05) is 11.8 Å². The standard InChI is InChI=1S/C9H13N7O2S/c1-6-10-11-7(15(6)2)5-19-9-12-13-14-16(9)4-8(17)18-3/h4-5H2,1-3H3. The number of hydrogen-bond donors (Lipinski definition) is 0. The Bertz CT molecular complexity index is 579. The van der Waals surface area contributed by atoms with Crippen LogP contribution in [0.15, 0.2) is 5.16 Å². The molecular weight excluding hydrogens is 270 g/mol. The molecule has 2 heterocycles. The zero-order valence-corrected chi connectivity index (χ0v) is 11.6. The van der Waals surface area contributed by atoms with Gasteiger partial charge in [-0.25, -0.2) is 4.68 Å². The number of nitrogens with zero attached hydrogens (tertiary/aromatic N) is 7. The molecule has 0 fully saturated rings. The quantitative estimate of drug-likeness (QED) is 0.538. The Labute approximate surface area is 113 Å². The summed E-state index contributed by atoms with van der Waals surface area (Å²) in [7, 11) is 3.21. The number of tetrazole rings is 1. The molecule has 0 radical (unpaired) electrons. The predicted octanol–water partition coefficient (Wildman–Crippen LogP) is -0.425. The van der Waals surface area contributed by atoms with Crippen LogP contribution in [-0.2, 0) is 28.9 Å². The van der Waals surface area contributed by atoms with Gasteiger partial charge in [-0.15, -0.1) is 15.3 Å². The molecule has 0 saturated heterocycles. The second kappa shape index (κ2) is 5.78. The lowest BCUT2D eigenvalue weighted by atomic mass is 10.6. The van der Waals surface area contributed by atoms with Crippen LogP contribution in [0.3, 0.4) is 0 Å². The van der Waals surface area contributed by atoms with Gasteiger partial charge in [0.15, 0.2) is 0 Å². The lowest BCUT2D eigenvalue weighted by Crippen LogP contribution is -2.13. The molecule has 0 N–H and O–H groups in total. The van der Waals surface area contributed by atoms with Gasteiger partial charge in [-0.3, -0.25) is 4.79 Å². The number of methoxy groups -OCH3 is 1. The predicted molar refractivity (Wildman–Crippen MR) is 65.1 cm³/mol. The first-order valence-electron chi connectivity index (χ1n) is 5.42. The Kier molecular flexibility index (Phi) is 4.10. The summed E-state index contributed by atoms with van der Waals surface area (Å²) in [4.78, 5) is 11.2. The average Bonchev–Trinajstić information content (AvgIpc) is 2.96. The molecule has 19 heavy (non-hydrogen) atoms. The van der Waals surface area contributed by atoms with Crippen LogP contribution >= 0.6 is 11.8 Å². The monoisotopic (exact) mass is 283 g/mol. The number of carbonyl (C=O) groups is 1. The highest BCUT2D eigenvalue weighted by Gasteiger charge is 2.13. The number of aryl methyl sites for hydroxylation is 1. The third-order valence-electron chi connectivity index (χ3n) is 2.52. The molecule has 0 atom stereocenters. The van der Waals surface area contributed by atoms with Crippen molar-refractivity contribution in [2.75, 3.05) is 7.11 Å². The van der Waals surface area contributed by atoms with Crippen molar-refractivity contribution in [2.45, 2.75) is 24.4 Å². The van der Waals surface area contributed by atoms with Gasteiger partial charge in [0.1, 0.15) is 18.2 Å². The zero-order valence-electron chi connectivity index (χ0n) is 10.8. The smallest absolute Gasteiger partial charge is 0.327 e. The first-order valence-corrected chi connectivity index (χ1v) is 6.41. The highest BCUT2D eigenvalue weighted by atomic mass is 32.2. The average molecular weight is 283 g/mol. The van der Waals surface area contributed by atoms with Crippen molar-refractivity contribution in [1.82, 2.24) is 35.0 Å². The maximum absolute atomic E-state index is 11.2. The molecule has 0 amide bonds. The number of aromatic nitrogens is 7. The first-order chi connectivity index (χ1) is 9.11. The molecule has 9 nitrogen and oxygen atoms in total. The van der Waals surface area contributed by atoms with E-state index < -0.39 is 5.97 Å². The summed E-state index contributed by atoms with van der Waals surface area (Å²) >= 11 is 1.38. The summed E-state index contributed by atoms with van der Waals surface area (Å²) in [5, 5.41) is 19.7. The summed E-state index contributed by atoms with van der Waals surface area (Å²) in [6.07, 6.45) is 0. The normalized spacial score (nSPS) is 10.7. The molecule has 10 heteroatoms.